The fourth-order valence-electron chi connectivity index (χ4n) is 3.57. The Morgan fingerprint density at radius 2 is 1.73 bits per heavy atom. The maximum absolute atomic E-state index is 12.9. The number of hydrogen-bond acceptors (Lipinski definition) is 8. The Morgan fingerprint density at radius 1 is 1.00 bits per heavy atom. The molecule has 0 aliphatic carbocycles. The first-order chi connectivity index (χ1) is 15.8. The van der Waals surface area contributed by atoms with E-state index in [0.717, 1.165) is 4.90 Å². The van der Waals surface area contributed by atoms with Crippen molar-refractivity contribution in [3.05, 3.63) is 65.2 Å². The second-order valence-electron chi connectivity index (χ2n) is 7.07. The van der Waals surface area contributed by atoms with Crippen molar-refractivity contribution in [3.63, 3.8) is 0 Å². The van der Waals surface area contributed by atoms with E-state index in [1.165, 1.54) is 24.3 Å². The van der Waals surface area contributed by atoms with E-state index in [0.29, 0.717) is 16.5 Å². The highest BCUT2D eigenvalue weighted by atomic mass is 16.5. The number of benzene rings is 3. The van der Waals surface area contributed by atoms with Gasteiger partial charge in [-0.15, -0.1) is 5.11 Å². The summed E-state index contributed by atoms with van der Waals surface area (Å²) in [6.45, 7) is 1.27. The number of imide groups is 1. The van der Waals surface area contributed by atoms with Crippen molar-refractivity contribution in [2.45, 2.75) is 6.92 Å². The molecule has 0 aromatic heterocycles. The largest absolute Gasteiger partial charge is 0.507 e. The van der Waals surface area contributed by atoms with Crippen LogP contribution in [0.1, 0.15) is 38.0 Å². The van der Waals surface area contributed by atoms with E-state index in [1.807, 2.05) is 0 Å². The Hall–Kier alpha value is -4.60. The Morgan fingerprint density at radius 3 is 2.42 bits per heavy atom. The maximum Gasteiger partial charge on any atom is 0.339 e. The monoisotopic (exact) mass is 447 g/mol. The molecule has 10 heteroatoms. The number of aromatic hydroxyl groups is 1. The molecule has 4 rings (SSSR count). The molecule has 0 radical (unpaired) electrons. The van der Waals surface area contributed by atoms with Gasteiger partial charge in [0.2, 0.25) is 0 Å². The molecule has 0 atom stereocenters. The number of carbonyl (C=O) groups excluding carboxylic acids is 3. The zero-order valence-electron chi connectivity index (χ0n) is 17.3. The summed E-state index contributed by atoms with van der Waals surface area (Å²) in [5.74, 6) is -3.63. The summed E-state index contributed by atoms with van der Waals surface area (Å²) in [6.07, 6.45) is 0. The third-order valence-electron chi connectivity index (χ3n) is 5.05. The minimum Gasteiger partial charge on any atom is -0.507 e. The Balaban J connectivity index is 1.75. The number of ether oxygens (including phenoxy) is 1. The lowest BCUT2D eigenvalue weighted by atomic mass is 9.93. The lowest BCUT2D eigenvalue weighted by Crippen LogP contribution is -2.43. The molecule has 1 heterocycles. The predicted octanol–water partition coefficient (Wildman–Crippen LogP) is 3.82. The molecule has 3 aromatic rings. The molecule has 0 bridgehead atoms. The first-order valence-corrected chi connectivity index (χ1v) is 9.87. The van der Waals surface area contributed by atoms with Crippen molar-refractivity contribution in [2.24, 2.45) is 10.2 Å². The lowest BCUT2D eigenvalue weighted by molar-refractivity contribution is -0.143. The van der Waals surface area contributed by atoms with Crippen LogP contribution in [0.2, 0.25) is 0 Å². The van der Waals surface area contributed by atoms with E-state index in [4.69, 9.17) is 9.84 Å². The molecule has 1 aliphatic heterocycles. The highest BCUT2D eigenvalue weighted by Crippen LogP contribution is 2.36. The summed E-state index contributed by atoms with van der Waals surface area (Å²) in [4.78, 5) is 49.8. The number of aromatic carboxylic acids is 1. The number of carboxylic acids is 1. The summed E-state index contributed by atoms with van der Waals surface area (Å²) < 4.78 is 4.86. The average Bonchev–Trinajstić information content (AvgIpc) is 2.79. The van der Waals surface area contributed by atoms with E-state index >= 15 is 0 Å². The van der Waals surface area contributed by atoms with Crippen LogP contribution in [0.4, 0.5) is 11.4 Å². The predicted molar refractivity (Wildman–Crippen MR) is 115 cm³/mol. The second kappa shape index (κ2) is 8.50. The van der Waals surface area contributed by atoms with Crippen LogP contribution in [0.3, 0.4) is 0 Å². The molecule has 0 saturated heterocycles. The first-order valence-electron chi connectivity index (χ1n) is 9.87. The van der Waals surface area contributed by atoms with Crippen LogP contribution in [0.5, 0.6) is 5.75 Å². The number of phenols is 1. The van der Waals surface area contributed by atoms with Gasteiger partial charge >= 0.3 is 11.9 Å². The van der Waals surface area contributed by atoms with Gasteiger partial charge in [0.25, 0.3) is 11.8 Å². The van der Waals surface area contributed by atoms with Gasteiger partial charge in [0.15, 0.2) is 0 Å². The summed E-state index contributed by atoms with van der Waals surface area (Å²) in [5, 5.41) is 27.8. The lowest BCUT2D eigenvalue weighted by Gasteiger charge is -2.26. The van der Waals surface area contributed by atoms with Gasteiger partial charge in [-0.1, -0.05) is 12.1 Å². The fourth-order valence-corrected chi connectivity index (χ4v) is 3.57. The zero-order chi connectivity index (χ0) is 23.7. The van der Waals surface area contributed by atoms with Crippen molar-refractivity contribution >= 4 is 45.9 Å². The third kappa shape index (κ3) is 3.89. The van der Waals surface area contributed by atoms with E-state index in [1.54, 1.807) is 31.2 Å². The second-order valence-corrected chi connectivity index (χ2v) is 7.07. The third-order valence-corrected chi connectivity index (χ3v) is 5.05. The molecule has 166 valence electrons. The van der Waals surface area contributed by atoms with Gasteiger partial charge < -0.3 is 14.9 Å². The maximum atomic E-state index is 12.9. The zero-order valence-corrected chi connectivity index (χ0v) is 17.3. The summed E-state index contributed by atoms with van der Waals surface area (Å²) >= 11 is 0. The molecule has 1 aliphatic rings. The summed E-state index contributed by atoms with van der Waals surface area (Å²) in [6, 6.07) is 11.7. The van der Waals surface area contributed by atoms with Crippen molar-refractivity contribution in [1.82, 2.24) is 4.90 Å². The fraction of sp³-hybridized carbons (Fsp3) is 0.130. The van der Waals surface area contributed by atoms with Crippen LogP contribution in [-0.4, -0.2) is 52.0 Å². The van der Waals surface area contributed by atoms with Gasteiger partial charge in [0.05, 0.1) is 18.0 Å². The molecule has 33 heavy (non-hydrogen) atoms. The van der Waals surface area contributed by atoms with Crippen molar-refractivity contribution in [2.75, 3.05) is 13.2 Å². The van der Waals surface area contributed by atoms with Gasteiger partial charge in [-0.2, -0.15) is 5.11 Å². The molecule has 0 saturated carbocycles. The van der Waals surface area contributed by atoms with Crippen LogP contribution in [-0.2, 0) is 9.53 Å². The first kappa shape index (κ1) is 21.6. The van der Waals surface area contributed by atoms with Gasteiger partial charge in [0.1, 0.15) is 17.9 Å². The molecule has 10 nitrogen and oxygen atoms in total. The Labute approximate surface area is 186 Å². The van der Waals surface area contributed by atoms with Gasteiger partial charge in [-0.3, -0.25) is 19.3 Å². The molecule has 0 unspecified atom stereocenters. The number of esters is 1. The van der Waals surface area contributed by atoms with Crippen LogP contribution >= 0.6 is 0 Å². The van der Waals surface area contributed by atoms with Gasteiger partial charge in [-0.25, -0.2) is 4.79 Å². The number of nitrogens with zero attached hydrogens (tertiary/aromatic N) is 3. The number of hydrogen-bond donors (Lipinski definition) is 2. The standard InChI is InChI=1S/C23H17N3O7/c1-2-33-19(28)11-26-21(29)14-5-3-4-13-17(8-7-15(20(13)14)22(26)30)25-24-12-6-9-18(27)16(10-12)23(31)32/h3-10,27H,2,11H2,1H3,(H,31,32). The number of amides is 2. The van der Waals surface area contributed by atoms with Crippen molar-refractivity contribution < 1.29 is 34.1 Å². The summed E-state index contributed by atoms with van der Waals surface area (Å²) in [5.41, 5.74) is 0.696. The molecular weight excluding hydrogens is 430 g/mol. The van der Waals surface area contributed by atoms with E-state index in [2.05, 4.69) is 10.2 Å². The Kier molecular flexibility index (Phi) is 5.57. The molecule has 3 aromatic carbocycles. The van der Waals surface area contributed by atoms with Gasteiger partial charge in [-0.05, 0) is 43.3 Å². The molecule has 2 amide bonds. The summed E-state index contributed by atoms with van der Waals surface area (Å²) in [7, 11) is 0. The van der Waals surface area contributed by atoms with Crippen molar-refractivity contribution in [1.29, 1.82) is 0 Å². The topological polar surface area (TPSA) is 146 Å². The van der Waals surface area contributed by atoms with E-state index in [-0.39, 0.29) is 29.0 Å². The highest BCUT2D eigenvalue weighted by Gasteiger charge is 2.34. The van der Waals surface area contributed by atoms with Crippen LogP contribution in [0, 0.1) is 0 Å². The smallest absolute Gasteiger partial charge is 0.339 e. The minimum absolute atomic E-state index is 0.130. The molecular formula is C23H17N3O7. The number of carbonyl (C=O) groups is 4. The molecule has 0 fully saturated rings. The van der Waals surface area contributed by atoms with Crippen LogP contribution < -0.4 is 0 Å². The number of rotatable bonds is 6. The number of azo groups is 1. The molecule has 0 spiro atoms. The van der Waals surface area contributed by atoms with Crippen molar-refractivity contribution in [3.8, 4) is 5.75 Å². The Bertz CT molecular complexity index is 1340. The quantitative estimate of drug-likeness (QED) is 0.332. The normalized spacial score (nSPS) is 13.1. The highest BCUT2D eigenvalue weighted by molar-refractivity contribution is 6.27. The SMILES string of the molecule is CCOC(=O)CN1C(=O)c2cccc3c(N=Nc4ccc(O)c(C(=O)O)c4)ccc(c23)C1=O. The molecule has 2 N–H and O–H groups in total. The van der Waals surface area contributed by atoms with Crippen LogP contribution in [0.15, 0.2) is 58.8 Å². The number of carboxylic acid groups (broad SMARTS) is 1. The van der Waals surface area contributed by atoms with Crippen LogP contribution in [0.25, 0.3) is 10.8 Å². The van der Waals surface area contributed by atoms with E-state index in [9.17, 15) is 24.3 Å². The minimum atomic E-state index is -1.31. The van der Waals surface area contributed by atoms with E-state index < -0.39 is 36.0 Å². The van der Waals surface area contributed by atoms with Gasteiger partial charge in [0, 0.05) is 21.9 Å². The average molecular weight is 447 g/mol.